The Bertz CT molecular complexity index is 1070. The first-order valence-corrected chi connectivity index (χ1v) is 7.33. The number of fused-ring (bicyclic) bond motifs is 2. The number of H-pyrrole nitrogens is 1. The van der Waals surface area contributed by atoms with Crippen molar-refractivity contribution in [2.45, 2.75) is 6.92 Å². The molecule has 7 heteroatoms. The molecule has 0 aliphatic rings. The Kier molecular flexibility index (Phi) is 2.94. The molecule has 0 aliphatic heterocycles. The maximum Gasteiger partial charge on any atom is 0.332 e. The van der Waals surface area contributed by atoms with E-state index in [0.717, 1.165) is 16.7 Å². The van der Waals surface area contributed by atoms with Crippen LogP contribution in [0.4, 0.5) is 0 Å². The average Bonchev–Trinajstić information content (AvgIpc) is 3.08. The summed E-state index contributed by atoms with van der Waals surface area (Å²) in [4.78, 5) is 23.7. The number of aryl methyl sites for hydroxylation is 1. The fourth-order valence-corrected chi connectivity index (χ4v) is 2.77. The molecule has 0 atom stereocenters. The third-order valence-corrected chi connectivity index (χ3v) is 3.81. The van der Waals surface area contributed by atoms with Crippen molar-refractivity contribution in [3.63, 3.8) is 0 Å². The van der Waals surface area contributed by atoms with Gasteiger partial charge in [-0.25, -0.2) is 14.8 Å². The Morgan fingerprint density at radius 3 is 2.96 bits per heavy atom. The van der Waals surface area contributed by atoms with E-state index >= 15 is 0 Å². The van der Waals surface area contributed by atoms with Gasteiger partial charge in [-0.05, 0) is 25.1 Å². The van der Waals surface area contributed by atoms with Crippen LogP contribution in [0.2, 0.25) is 0 Å². The standard InChI is InChI=1S/C16H15N5O2/c1-3-23-13-6-7-17-15-14(13)21(16(22)19-15)10-4-5-11-12(8-10)20(2)9-18-11/h4-9H,3H2,1-2H3,(H,17,19,22). The molecular weight excluding hydrogens is 294 g/mol. The summed E-state index contributed by atoms with van der Waals surface area (Å²) < 4.78 is 9.15. The van der Waals surface area contributed by atoms with E-state index in [1.54, 1.807) is 23.2 Å². The van der Waals surface area contributed by atoms with Gasteiger partial charge < -0.3 is 9.30 Å². The van der Waals surface area contributed by atoms with Gasteiger partial charge in [0.1, 0.15) is 11.3 Å². The number of ether oxygens (including phenoxy) is 1. The average molecular weight is 309 g/mol. The summed E-state index contributed by atoms with van der Waals surface area (Å²) in [5, 5.41) is 0. The van der Waals surface area contributed by atoms with Crippen molar-refractivity contribution >= 4 is 22.2 Å². The molecule has 3 heterocycles. The van der Waals surface area contributed by atoms with Gasteiger partial charge in [0.25, 0.3) is 0 Å². The number of nitrogens with one attached hydrogen (secondary N) is 1. The highest BCUT2D eigenvalue weighted by Crippen LogP contribution is 2.25. The maximum absolute atomic E-state index is 12.4. The van der Waals surface area contributed by atoms with Crippen LogP contribution in [0.15, 0.2) is 41.6 Å². The van der Waals surface area contributed by atoms with Crippen molar-refractivity contribution in [3.05, 3.63) is 47.3 Å². The van der Waals surface area contributed by atoms with Gasteiger partial charge in [-0.15, -0.1) is 0 Å². The van der Waals surface area contributed by atoms with Gasteiger partial charge in [-0.1, -0.05) is 0 Å². The first-order chi connectivity index (χ1) is 11.2. The molecule has 23 heavy (non-hydrogen) atoms. The van der Waals surface area contributed by atoms with E-state index in [4.69, 9.17) is 4.74 Å². The van der Waals surface area contributed by atoms with Crippen molar-refractivity contribution in [2.24, 2.45) is 7.05 Å². The lowest BCUT2D eigenvalue weighted by atomic mass is 10.2. The van der Waals surface area contributed by atoms with Crippen LogP contribution in [0.5, 0.6) is 5.75 Å². The molecule has 0 radical (unpaired) electrons. The third-order valence-electron chi connectivity index (χ3n) is 3.81. The van der Waals surface area contributed by atoms with Gasteiger partial charge in [0.15, 0.2) is 5.65 Å². The van der Waals surface area contributed by atoms with Crippen LogP contribution in [-0.4, -0.2) is 30.7 Å². The minimum Gasteiger partial charge on any atom is -0.491 e. The lowest BCUT2D eigenvalue weighted by Crippen LogP contribution is -2.15. The molecular formula is C16H15N5O2. The van der Waals surface area contributed by atoms with Crippen LogP contribution in [0.3, 0.4) is 0 Å². The molecule has 0 amide bonds. The monoisotopic (exact) mass is 309 g/mol. The van der Waals surface area contributed by atoms with Crippen molar-refractivity contribution in [2.75, 3.05) is 6.61 Å². The smallest absolute Gasteiger partial charge is 0.332 e. The van der Waals surface area contributed by atoms with Crippen LogP contribution >= 0.6 is 0 Å². The zero-order valence-electron chi connectivity index (χ0n) is 12.8. The second-order valence-electron chi connectivity index (χ2n) is 5.23. The molecule has 0 bridgehead atoms. The van der Waals surface area contributed by atoms with E-state index in [2.05, 4.69) is 15.0 Å². The van der Waals surface area contributed by atoms with Gasteiger partial charge in [-0.2, -0.15) is 0 Å². The Morgan fingerprint density at radius 2 is 2.13 bits per heavy atom. The Hall–Kier alpha value is -3.09. The summed E-state index contributed by atoms with van der Waals surface area (Å²) in [6, 6.07) is 7.46. The fourth-order valence-electron chi connectivity index (χ4n) is 2.77. The summed E-state index contributed by atoms with van der Waals surface area (Å²) in [5.41, 5.74) is 3.47. The lowest BCUT2D eigenvalue weighted by molar-refractivity contribution is 0.343. The Labute approximate surface area is 131 Å². The number of rotatable bonds is 3. The number of hydrogen-bond donors (Lipinski definition) is 1. The zero-order valence-corrected chi connectivity index (χ0v) is 12.8. The van der Waals surface area contributed by atoms with Crippen LogP contribution in [0.1, 0.15) is 6.92 Å². The van der Waals surface area contributed by atoms with E-state index in [-0.39, 0.29) is 5.69 Å². The van der Waals surface area contributed by atoms with E-state index < -0.39 is 0 Å². The van der Waals surface area contributed by atoms with Gasteiger partial charge in [-0.3, -0.25) is 9.55 Å². The summed E-state index contributed by atoms with van der Waals surface area (Å²) in [6.45, 7) is 2.42. The van der Waals surface area contributed by atoms with Crippen molar-refractivity contribution in [3.8, 4) is 11.4 Å². The van der Waals surface area contributed by atoms with Gasteiger partial charge >= 0.3 is 5.69 Å². The van der Waals surface area contributed by atoms with Crippen molar-refractivity contribution in [1.82, 2.24) is 24.1 Å². The molecule has 7 nitrogen and oxygen atoms in total. The summed E-state index contributed by atoms with van der Waals surface area (Å²) in [5.74, 6) is 0.626. The van der Waals surface area contributed by atoms with Crippen LogP contribution in [0.25, 0.3) is 27.9 Å². The van der Waals surface area contributed by atoms with Crippen molar-refractivity contribution in [1.29, 1.82) is 0 Å². The molecule has 0 unspecified atom stereocenters. The normalized spacial score (nSPS) is 11.4. The fraction of sp³-hybridized carbons (Fsp3) is 0.188. The number of imidazole rings is 2. The second-order valence-corrected chi connectivity index (χ2v) is 5.23. The predicted molar refractivity (Wildman–Crippen MR) is 87.1 cm³/mol. The number of benzene rings is 1. The number of nitrogens with zero attached hydrogens (tertiary/aromatic N) is 4. The highest BCUT2D eigenvalue weighted by molar-refractivity contribution is 5.83. The van der Waals surface area contributed by atoms with Crippen LogP contribution < -0.4 is 10.4 Å². The van der Waals surface area contributed by atoms with Gasteiger partial charge in [0.05, 0.1) is 29.7 Å². The Morgan fingerprint density at radius 1 is 1.26 bits per heavy atom. The molecule has 4 rings (SSSR count). The minimum atomic E-state index is -0.249. The van der Waals surface area contributed by atoms with E-state index in [0.29, 0.717) is 23.5 Å². The van der Waals surface area contributed by atoms with Gasteiger partial charge in [0.2, 0.25) is 0 Å². The number of aromatic nitrogens is 5. The third kappa shape index (κ3) is 2.01. The molecule has 0 saturated heterocycles. The zero-order chi connectivity index (χ0) is 16.0. The molecule has 116 valence electrons. The van der Waals surface area contributed by atoms with Crippen LogP contribution in [0, 0.1) is 0 Å². The first kappa shape index (κ1) is 13.6. The highest BCUT2D eigenvalue weighted by Gasteiger charge is 2.15. The molecule has 0 fully saturated rings. The number of aromatic amines is 1. The molecule has 0 saturated carbocycles. The number of pyridine rings is 1. The van der Waals surface area contributed by atoms with E-state index in [1.807, 2.05) is 36.7 Å². The molecule has 4 aromatic rings. The molecule has 3 aromatic heterocycles. The molecule has 0 aliphatic carbocycles. The summed E-state index contributed by atoms with van der Waals surface area (Å²) in [7, 11) is 1.92. The molecule has 1 N–H and O–H groups in total. The highest BCUT2D eigenvalue weighted by atomic mass is 16.5. The maximum atomic E-state index is 12.4. The minimum absolute atomic E-state index is 0.249. The first-order valence-electron chi connectivity index (χ1n) is 7.33. The largest absolute Gasteiger partial charge is 0.491 e. The van der Waals surface area contributed by atoms with Crippen LogP contribution in [-0.2, 0) is 7.05 Å². The predicted octanol–water partition coefficient (Wildman–Crippen LogP) is 2.00. The molecule has 0 spiro atoms. The van der Waals surface area contributed by atoms with Crippen molar-refractivity contribution < 1.29 is 4.74 Å². The summed E-state index contributed by atoms with van der Waals surface area (Å²) in [6.07, 6.45) is 3.37. The quantitative estimate of drug-likeness (QED) is 0.628. The topological polar surface area (TPSA) is 77.7 Å². The number of hydrogen-bond acceptors (Lipinski definition) is 4. The van der Waals surface area contributed by atoms with E-state index in [1.165, 1.54) is 0 Å². The van der Waals surface area contributed by atoms with E-state index in [9.17, 15) is 4.79 Å². The lowest BCUT2D eigenvalue weighted by Gasteiger charge is -2.08. The second kappa shape index (κ2) is 4.98. The molecule has 1 aromatic carbocycles. The SMILES string of the molecule is CCOc1ccnc2[nH]c(=O)n(-c3ccc4ncn(C)c4c3)c12. The Balaban J connectivity index is 2.04. The van der Waals surface area contributed by atoms with Gasteiger partial charge in [0, 0.05) is 19.3 Å². The summed E-state index contributed by atoms with van der Waals surface area (Å²) >= 11 is 0.